The van der Waals surface area contributed by atoms with Crippen molar-refractivity contribution in [1.82, 2.24) is 15.5 Å². The summed E-state index contributed by atoms with van der Waals surface area (Å²) in [6.07, 6.45) is 2.02. The lowest BCUT2D eigenvalue weighted by Gasteiger charge is -1.99. The number of carbonyl (C=O) groups is 1. The summed E-state index contributed by atoms with van der Waals surface area (Å²) < 4.78 is 14.8. The van der Waals surface area contributed by atoms with Crippen molar-refractivity contribution in [3.05, 3.63) is 35.4 Å². The van der Waals surface area contributed by atoms with Crippen LogP contribution in [0.2, 0.25) is 0 Å². The van der Waals surface area contributed by atoms with Crippen LogP contribution in [0, 0.1) is 6.92 Å². The van der Waals surface area contributed by atoms with E-state index in [1.54, 1.807) is 13.0 Å². The molecular weight excluding hydrogens is 250 g/mol. The summed E-state index contributed by atoms with van der Waals surface area (Å²) >= 11 is 0. The Hall–Kier alpha value is -2.15. The number of rotatable bonds is 6. The normalized spacial score (nSPS) is 10.6. The van der Waals surface area contributed by atoms with Crippen LogP contribution < -0.4 is 5.32 Å². The van der Waals surface area contributed by atoms with E-state index in [2.05, 4.69) is 20.2 Å². The third-order valence-electron chi connectivity index (χ3n) is 2.46. The Balaban J connectivity index is 1.73. The highest BCUT2D eigenvalue weighted by Gasteiger charge is 2.09. The Bertz CT molecular complexity index is 547. The van der Waals surface area contributed by atoms with Gasteiger partial charge < -0.3 is 19.0 Å². The van der Waals surface area contributed by atoms with Gasteiger partial charge in [0.05, 0.1) is 19.2 Å². The third kappa shape index (κ3) is 3.65. The number of hydrogen-bond donors (Lipinski definition) is 1. The van der Waals surface area contributed by atoms with Gasteiger partial charge in [0.25, 0.3) is 0 Å². The lowest BCUT2D eigenvalue weighted by molar-refractivity contribution is 0.0600. The van der Waals surface area contributed by atoms with Gasteiger partial charge in [0.2, 0.25) is 5.89 Å². The minimum atomic E-state index is -0.406. The average Bonchev–Trinajstić information content (AvgIpc) is 3.03. The Labute approximate surface area is 109 Å². The van der Waals surface area contributed by atoms with Crippen LogP contribution in [0.3, 0.4) is 0 Å². The first-order valence-corrected chi connectivity index (χ1v) is 5.84. The van der Waals surface area contributed by atoms with Crippen molar-refractivity contribution in [2.24, 2.45) is 0 Å². The fourth-order valence-corrected chi connectivity index (χ4v) is 1.55. The summed E-state index contributed by atoms with van der Waals surface area (Å²) in [6.45, 7) is 2.97. The number of methoxy groups -OCH3 is 1. The van der Waals surface area contributed by atoms with Gasteiger partial charge in [-0.15, -0.1) is 0 Å². The van der Waals surface area contributed by atoms with Crippen molar-refractivity contribution in [2.75, 3.05) is 13.7 Å². The van der Waals surface area contributed by atoms with Crippen LogP contribution in [0.5, 0.6) is 0 Å². The molecule has 2 heterocycles. The zero-order valence-corrected chi connectivity index (χ0v) is 10.8. The predicted molar refractivity (Wildman–Crippen MR) is 64.5 cm³/mol. The molecule has 2 aromatic heterocycles. The number of ether oxygens (including phenoxy) is 1. The van der Waals surface area contributed by atoms with E-state index < -0.39 is 5.97 Å². The second-order valence-electron chi connectivity index (χ2n) is 3.96. The molecule has 0 bridgehead atoms. The first kappa shape index (κ1) is 13.3. The highest BCUT2D eigenvalue weighted by atomic mass is 16.5. The van der Waals surface area contributed by atoms with Gasteiger partial charge in [-0.25, -0.2) is 4.79 Å². The maximum absolute atomic E-state index is 11.2. The molecule has 0 unspecified atom stereocenters. The van der Waals surface area contributed by atoms with Gasteiger partial charge in [-0.2, -0.15) is 4.98 Å². The molecule has 0 amide bonds. The van der Waals surface area contributed by atoms with E-state index in [1.807, 2.05) is 0 Å². The number of esters is 1. The lowest BCUT2D eigenvalue weighted by atomic mass is 10.3. The first-order valence-electron chi connectivity index (χ1n) is 5.84. The highest BCUT2D eigenvalue weighted by Crippen LogP contribution is 2.08. The fourth-order valence-electron chi connectivity index (χ4n) is 1.55. The van der Waals surface area contributed by atoms with Crippen molar-refractivity contribution in [1.29, 1.82) is 0 Å². The number of nitrogens with zero attached hydrogens (tertiary/aromatic N) is 2. The van der Waals surface area contributed by atoms with Crippen LogP contribution in [0.4, 0.5) is 0 Å². The van der Waals surface area contributed by atoms with Crippen LogP contribution in [0.25, 0.3) is 0 Å². The topological polar surface area (TPSA) is 90.4 Å². The quantitative estimate of drug-likeness (QED) is 0.617. The molecule has 0 saturated carbocycles. The molecule has 1 N–H and O–H groups in total. The van der Waals surface area contributed by atoms with Crippen molar-refractivity contribution < 1.29 is 18.5 Å². The molecule has 7 nitrogen and oxygen atoms in total. The molecule has 0 spiro atoms. The molecule has 0 radical (unpaired) electrons. The number of hydrogen-bond acceptors (Lipinski definition) is 7. The molecule has 0 saturated heterocycles. The van der Waals surface area contributed by atoms with Crippen molar-refractivity contribution >= 4 is 5.97 Å². The third-order valence-corrected chi connectivity index (χ3v) is 2.46. The number of nitrogens with one attached hydrogen (secondary N) is 1. The molecule has 2 rings (SSSR count). The maximum Gasteiger partial charge on any atom is 0.341 e. The Morgan fingerprint density at radius 3 is 3.05 bits per heavy atom. The largest absolute Gasteiger partial charge is 0.467 e. The van der Waals surface area contributed by atoms with Gasteiger partial charge in [0.15, 0.2) is 5.82 Å². The van der Waals surface area contributed by atoms with E-state index >= 15 is 0 Å². The number of carbonyl (C=O) groups excluding carboxylic acids is 1. The second kappa shape index (κ2) is 6.14. The summed E-state index contributed by atoms with van der Waals surface area (Å²) in [4.78, 5) is 15.3. The van der Waals surface area contributed by atoms with Gasteiger partial charge in [-0.1, -0.05) is 5.16 Å². The van der Waals surface area contributed by atoms with Crippen LogP contribution in [-0.2, 0) is 17.7 Å². The molecule has 0 aliphatic rings. The number of aryl methyl sites for hydroxylation is 1. The van der Waals surface area contributed by atoms with E-state index in [9.17, 15) is 4.79 Å². The number of furan rings is 1. The van der Waals surface area contributed by atoms with Crippen LogP contribution in [0.1, 0.15) is 27.8 Å². The van der Waals surface area contributed by atoms with Crippen molar-refractivity contribution in [3.63, 3.8) is 0 Å². The molecule has 0 atom stereocenters. The van der Waals surface area contributed by atoms with Gasteiger partial charge >= 0.3 is 5.97 Å². The summed E-state index contributed by atoms with van der Waals surface area (Å²) in [5.74, 6) is 1.49. The molecule has 0 aliphatic heterocycles. The summed E-state index contributed by atoms with van der Waals surface area (Å²) in [6, 6.07) is 1.65. The molecule has 7 heteroatoms. The average molecular weight is 265 g/mol. The van der Waals surface area contributed by atoms with Crippen LogP contribution in [0.15, 0.2) is 21.3 Å². The summed E-state index contributed by atoms with van der Waals surface area (Å²) in [5, 5.41) is 6.86. The number of aromatic nitrogens is 2. The van der Waals surface area contributed by atoms with Gasteiger partial charge in [-0.3, -0.25) is 0 Å². The smallest absolute Gasteiger partial charge is 0.341 e. The Morgan fingerprint density at radius 2 is 2.37 bits per heavy atom. The maximum atomic E-state index is 11.2. The van der Waals surface area contributed by atoms with Gasteiger partial charge in [-0.05, 0) is 13.0 Å². The van der Waals surface area contributed by atoms with Crippen molar-refractivity contribution in [2.45, 2.75) is 19.9 Å². The lowest BCUT2D eigenvalue weighted by Crippen LogP contribution is -2.16. The van der Waals surface area contributed by atoms with Crippen LogP contribution >= 0.6 is 0 Å². The van der Waals surface area contributed by atoms with Crippen molar-refractivity contribution in [3.8, 4) is 0 Å². The zero-order chi connectivity index (χ0) is 13.7. The predicted octanol–water partition coefficient (Wildman–Crippen LogP) is 1.09. The highest BCUT2D eigenvalue weighted by molar-refractivity contribution is 5.88. The summed E-state index contributed by atoms with van der Waals surface area (Å²) in [7, 11) is 1.33. The molecule has 0 aliphatic carbocycles. The standard InChI is InChI=1S/C12H15N3O4/c1-8-14-11(19-15-8)3-4-13-6-10-5-9(7-18-10)12(16)17-2/h5,7,13H,3-4,6H2,1-2H3. The van der Waals surface area contributed by atoms with E-state index in [0.29, 0.717) is 42.5 Å². The second-order valence-corrected chi connectivity index (χ2v) is 3.96. The molecular formula is C12H15N3O4. The Kier molecular flexibility index (Phi) is 4.30. The van der Waals surface area contributed by atoms with E-state index in [0.717, 1.165) is 0 Å². The SMILES string of the molecule is COC(=O)c1coc(CNCCc2nc(C)no2)c1. The Morgan fingerprint density at radius 1 is 1.53 bits per heavy atom. The van der Waals surface area contributed by atoms with Gasteiger partial charge in [0, 0.05) is 13.0 Å². The zero-order valence-electron chi connectivity index (χ0n) is 10.8. The minimum absolute atomic E-state index is 0.406. The molecule has 19 heavy (non-hydrogen) atoms. The summed E-state index contributed by atoms with van der Waals surface area (Å²) in [5.41, 5.74) is 0.409. The van der Waals surface area contributed by atoms with Gasteiger partial charge in [0.1, 0.15) is 12.0 Å². The molecule has 0 fully saturated rings. The molecule has 102 valence electrons. The van der Waals surface area contributed by atoms with E-state index in [-0.39, 0.29) is 0 Å². The van der Waals surface area contributed by atoms with Crippen LogP contribution in [-0.4, -0.2) is 29.8 Å². The fraction of sp³-hybridized carbons (Fsp3) is 0.417. The minimum Gasteiger partial charge on any atom is -0.467 e. The molecule has 0 aromatic carbocycles. The monoisotopic (exact) mass is 265 g/mol. The van der Waals surface area contributed by atoms with E-state index in [1.165, 1.54) is 13.4 Å². The van der Waals surface area contributed by atoms with E-state index in [4.69, 9.17) is 8.94 Å². The molecule has 2 aromatic rings. The first-order chi connectivity index (χ1) is 9.19.